The van der Waals surface area contributed by atoms with E-state index in [9.17, 15) is 18.4 Å². The maximum Gasteiger partial charge on any atom is 0.258 e. The number of nitrogens with one attached hydrogen (secondary N) is 2. The van der Waals surface area contributed by atoms with Crippen LogP contribution in [0, 0.1) is 17.6 Å². The van der Waals surface area contributed by atoms with Gasteiger partial charge in [-0.3, -0.25) is 9.59 Å². The molecular formula is C24H24Cl2F2N2O4. The van der Waals surface area contributed by atoms with E-state index in [1.54, 1.807) is 0 Å². The summed E-state index contributed by atoms with van der Waals surface area (Å²) in [7, 11) is 0. The smallest absolute Gasteiger partial charge is 0.258 e. The van der Waals surface area contributed by atoms with Gasteiger partial charge in [0.2, 0.25) is 0 Å². The molecule has 0 saturated heterocycles. The van der Waals surface area contributed by atoms with Crippen LogP contribution in [0.25, 0.3) is 0 Å². The zero-order chi connectivity index (χ0) is 24.3. The van der Waals surface area contributed by atoms with Crippen LogP contribution in [-0.4, -0.2) is 36.6 Å². The third kappa shape index (κ3) is 5.91. The molecule has 34 heavy (non-hydrogen) atoms. The van der Waals surface area contributed by atoms with Gasteiger partial charge in [-0.1, -0.05) is 23.2 Å². The lowest BCUT2D eigenvalue weighted by molar-refractivity contribution is -0.126. The van der Waals surface area contributed by atoms with Crippen molar-refractivity contribution in [3.05, 3.63) is 58.1 Å². The van der Waals surface area contributed by atoms with E-state index in [4.69, 9.17) is 32.7 Å². The zero-order valence-electron chi connectivity index (χ0n) is 18.2. The first-order valence-electron chi connectivity index (χ1n) is 11.0. The van der Waals surface area contributed by atoms with E-state index < -0.39 is 11.6 Å². The first kappa shape index (κ1) is 24.5. The SMILES string of the molecule is O=C(COc1ccc(Cl)c(F)c1)NC1CCC2(NC(=O)COc3ccc(Cl)c(F)c3)CCC1C2. The van der Waals surface area contributed by atoms with Crippen LogP contribution in [0.15, 0.2) is 36.4 Å². The standard InChI is InChI=1S/C24H24Cl2F2N2O4/c25-17-3-1-15(9-19(17)27)33-12-22(31)29-21-6-8-24(7-5-14(21)11-24)30-23(32)13-34-16-2-4-18(26)20(28)10-16/h1-4,9-10,14,21H,5-8,11-13H2,(H,29,31)(H,30,32). The minimum absolute atomic E-state index is 0.0121. The molecule has 3 unspecified atom stereocenters. The quantitative estimate of drug-likeness (QED) is 0.539. The predicted molar refractivity (Wildman–Crippen MR) is 123 cm³/mol. The molecule has 2 N–H and O–H groups in total. The topological polar surface area (TPSA) is 76.7 Å². The summed E-state index contributed by atoms with van der Waals surface area (Å²) in [5.41, 5.74) is -0.324. The highest BCUT2D eigenvalue weighted by Crippen LogP contribution is 2.45. The zero-order valence-corrected chi connectivity index (χ0v) is 19.7. The van der Waals surface area contributed by atoms with Crippen LogP contribution in [0.2, 0.25) is 10.0 Å². The van der Waals surface area contributed by atoms with Crippen molar-refractivity contribution < 1.29 is 27.8 Å². The number of hydrogen-bond donors (Lipinski definition) is 2. The van der Waals surface area contributed by atoms with E-state index >= 15 is 0 Å². The fraction of sp³-hybridized carbons (Fsp3) is 0.417. The first-order valence-corrected chi connectivity index (χ1v) is 11.7. The molecule has 2 amide bonds. The Morgan fingerprint density at radius 1 is 0.912 bits per heavy atom. The van der Waals surface area contributed by atoms with Gasteiger partial charge in [-0.2, -0.15) is 0 Å². The maximum atomic E-state index is 13.5. The van der Waals surface area contributed by atoms with Crippen LogP contribution in [0.3, 0.4) is 0 Å². The fourth-order valence-corrected chi connectivity index (χ4v) is 5.02. The third-order valence-corrected chi connectivity index (χ3v) is 7.04. The van der Waals surface area contributed by atoms with Gasteiger partial charge in [-0.15, -0.1) is 0 Å². The van der Waals surface area contributed by atoms with Crippen LogP contribution in [-0.2, 0) is 9.59 Å². The molecular weight excluding hydrogens is 489 g/mol. The van der Waals surface area contributed by atoms with Crippen molar-refractivity contribution in [2.45, 2.75) is 43.7 Å². The highest BCUT2D eigenvalue weighted by Gasteiger charge is 2.47. The fourth-order valence-electron chi connectivity index (χ4n) is 4.78. The molecule has 10 heteroatoms. The van der Waals surface area contributed by atoms with Crippen molar-refractivity contribution in [2.24, 2.45) is 5.92 Å². The molecule has 0 spiro atoms. The molecule has 3 atom stereocenters. The minimum atomic E-state index is -0.609. The Labute approximate surface area is 205 Å². The van der Waals surface area contributed by atoms with Crippen LogP contribution in [0.5, 0.6) is 11.5 Å². The van der Waals surface area contributed by atoms with Gasteiger partial charge < -0.3 is 20.1 Å². The Morgan fingerprint density at radius 2 is 1.47 bits per heavy atom. The Morgan fingerprint density at radius 3 is 2.06 bits per heavy atom. The summed E-state index contributed by atoms with van der Waals surface area (Å²) in [4.78, 5) is 24.8. The number of benzene rings is 2. The van der Waals surface area contributed by atoms with Gasteiger partial charge in [0.15, 0.2) is 13.2 Å². The van der Waals surface area contributed by atoms with Crippen molar-refractivity contribution >= 4 is 35.0 Å². The molecule has 2 aliphatic rings. The van der Waals surface area contributed by atoms with Gasteiger partial charge in [-0.25, -0.2) is 8.78 Å². The highest BCUT2D eigenvalue weighted by atomic mass is 35.5. The lowest BCUT2D eigenvalue weighted by atomic mass is 9.80. The number of hydrogen-bond acceptors (Lipinski definition) is 4. The van der Waals surface area contributed by atoms with Gasteiger partial charge >= 0.3 is 0 Å². The molecule has 2 aliphatic carbocycles. The lowest BCUT2D eigenvalue weighted by Gasteiger charge is -2.38. The van der Waals surface area contributed by atoms with Gasteiger partial charge in [-0.05, 0) is 62.3 Å². The van der Waals surface area contributed by atoms with Crippen molar-refractivity contribution in [1.29, 1.82) is 0 Å². The van der Waals surface area contributed by atoms with Crippen molar-refractivity contribution in [3.63, 3.8) is 0 Å². The number of fused-ring (bicyclic) bond motifs is 2. The summed E-state index contributed by atoms with van der Waals surface area (Å²) in [5, 5.41) is 6.06. The third-order valence-electron chi connectivity index (χ3n) is 6.42. The molecule has 2 saturated carbocycles. The Hall–Kier alpha value is -2.58. The normalized spacial score (nSPS) is 23.3. The van der Waals surface area contributed by atoms with E-state index in [0.717, 1.165) is 44.2 Å². The lowest BCUT2D eigenvalue weighted by Crippen LogP contribution is -2.53. The molecule has 0 radical (unpaired) electrons. The summed E-state index contributed by atoms with van der Waals surface area (Å²) in [6.07, 6.45) is 3.88. The number of amides is 2. The molecule has 0 aliphatic heterocycles. The second kappa shape index (κ2) is 10.4. The number of ether oxygens (including phenoxy) is 2. The number of halogens is 4. The molecule has 182 valence electrons. The van der Waals surface area contributed by atoms with E-state index in [2.05, 4.69) is 10.6 Å². The molecule has 2 aromatic carbocycles. The van der Waals surface area contributed by atoms with Crippen LogP contribution < -0.4 is 20.1 Å². The highest BCUT2D eigenvalue weighted by molar-refractivity contribution is 6.31. The van der Waals surface area contributed by atoms with Crippen molar-refractivity contribution in [3.8, 4) is 11.5 Å². The van der Waals surface area contributed by atoms with E-state index in [1.165, 1.54) is 24.3 Å². The second-order valence-electron chi connectivity index (χ2n) is 8.77. The van der Waals surface area contributed by atoms with Gasteiger partial charge in [0.25, 0.3) is 11.8 Å². The summed E-state index contributed by atoms with van der Waals surface area (Å²) in [5.74, 6) is -1.09. The van der Waals surface area contributed by atoms with E-state index in [1.807, 2.05) is 0 Å². The first-order chi connectivity index (χ1) is 16.2. The molecule has 4 rings (SSSR count). The predicted octanol–water partition coefficient (Wildman–Crippen LogP) is 4.66. The number of carbonyl (C=O) groups excluding carboxylic acids is 2. The average molecular weight is 513 g/mol. The maximum absolute atomic E-state index is 13.5. The van der Waals surface area contributed by atoms with Gasteiger partial charge in [0.05, 0.1) is 10.0 Å². The average Bonchev–Trinajstić information content (AvgIpc) is 3.15. The van der Waals surface area contributed by atoms with Gasteiger partial charge in [0.1, 0.15) is 23.1 Å². The van der Waals surface area contributed by atoms with E-state index in [-0.39, 0.29) is 64.1 Å². The summed E-state index contributed by atoms with van der Waals surface area (Å²) >= 11 is 11.3. The minimum Gasteiger partial charge on any atom is -0.484 e. The largest absolute Gasteiger partial charge is 0.484 e. The molecule has 2 bridgehead atoms. The summed E-state index contributed by atoms with van der Waals surface area (Å²) in [6.45, 7) is -0.453. The van der Waals surface area contributed by atoms with Gasteiger partial charge in [0, 0.05) is 23.7 Å². The molecule has 0 heterocycles. The monoisotopic (exact) mass is 512 g/mol. The van der Waals surface area contributed by atoms with Crippen LogP contribution in [0.1, 0.15) is 32.1 Å². The Kier molecular flexibility index (Phi) is 7.48. The number of carbonyl (C=O) groups is 2. The number of rotatable bonds is 8. The van der Waals surface area contributed by atoms with E-state index in [0.29, 0.717) is 0 Å². The molecule has 2 fully saturated rings. The van der Waals surface area contributed by atoms with Crippen LogP contribution in [0.4, 0.5) is 8.78 Å². The second-order valence-corrected chi connectivity index (χ2v) is 9.59. The molecule has 2 aromatic rings. The van der Waals surface area contributed by atoms with Crippen molar-refractivity contribution in [2.75, 3.05) is 13.2 Å². The van der Waals surface area contributed by atoms with Crippen molar-refractivity contribution in [1.82, 2.24) is 10.6 Å². The van der Waals surface area contributed by atoms with Crippen LogP contribution >= 0.6 is 23.2 Å². The summed E-state index contributed by atoms with van der Waals surface area (Å²) in [6, 6.07) is 8.01. The molecule has 6 nitrogen and oxygen atoms in total. The summed E-state index contributed by atoms with van der Waals surface area (Å²) < 4.78 is 37.8. The Balaban J connectivity index is 1.22. The Bertz CT molecular complexity index is 1090. The molecule has 0 aromatic heterocycles.